The van der Waals surface area contributed by atoms with E-state index in [1.807, 2.05) is 0 Å². The smallest absolute Gasteiger partial charge is 0.230 e. The molecule has 0 saturated carbocycles. The molecule has 2 heterocycles. The molecule has 1 aromatic heterocycles. The molecule has 8 heteroatoms. The summed E-state index contributed by atoms with van der Waals surface area (Å²) in [5, 5.41) is 7.70. The van der Waals surface area contributed by atoms with Crippen molar-refractivity contribution >= 4 is 10.0 Å². The van der Waals surface area contributed by atoms with Crippen molar-refractivity contribution in [3.63, 3.8) is 0 Å². The van der Waals surface area contributed by atoms with Gasteiger partial charge in [0, 0.05) is 33.1 Å². The predicted molar refractivity (Wildman–Crippen MR) is 65.3 cm³/mol. The molecule has 0 unspecified atom stereocenters. The Labute approximate surface area is 107 Å². The minimum absolute atomic E-state index is 0.163. The average molecular weight is 274 g/mol. The van der Waals surface area contributed by atoms with Crippen molar-refractivity contribution in [1.82, 2.24) is 19.4 Å². The van der Waals surface area contributed by atoms with Crippen molar-refractivity contribution in [1.29, 1.82) is 0 Å². The van der Waals surface area contributed by atoms with Crippen LogP contribution in [0.1, 0.15) is 18.7 Å². The van der Waals surface area contributed by atoms with Crippen LogP contribution in [0.5, 0.6) is 0 Å². The van der Waals surface area contributed by atoms with Gasteiger partial charge in [-0.15, -0.1) is 10.2 Å². The number of sulfonamides is 1. The molecule has 0 amide bonds. The van der Waals surface area contributed by atoms with E-state index in [-0.39, 0.29) is 5.75 Å². The molecule has 1 aliphatic rings. The normalized spacial score (nSPS) is 19.2. The maximum Gasteiger partial charge on any atom is 0.230 e. The van der Waals surface area contributed by atoms with E-state index in [1.165, 1.54) is 0 Å². The van der Waals surface area contributed by atoms with Crippen LogP contribution in [0.2, 0.25) is 0 Å². The highest BCUT2D eigenvalue weighted by Crippen LogP contribution is 2.10. The molecule has 1 saturated heterocycles. The Morgan fingerprint density at radius 1 is 1.22 bits per heavy atom. The highest BCUT2D eigenvalue weighted by molar-refractivity contribution is 7.89. The Kier molecular flexibility index (Phi) is 3.98. The third-order valence-corrected chi connectivity index (χ3v) is 4.90. The lowest BCUT2D eigenvalue weighted by Gasteiger charge is -2.32. The summed E-state index contributed by atoms with van der Waals surface area (Å²) in [6, 6.07) is 0. The summed E-state index contributed by atoms with van der Waals surface area (Å²) < 4.78 is 30.2. The van der Waals surface area contributed by atoms with Gasteiger partial charge in [-0.2, -0.15) is 4.31 Å². The summed E-state index contributed by atoms with van der Waals surface area (Å²) in [6.45, 7) is 6.46. The third-order valence-electron chi connectivity index (χ3n) is 3.02. The van der Waals surface area contributed by atoms with Crippen LogP contribution in [0, 0.1) is 6.92 Å². The molecule has 0 spiro atoms. The van der Waals surface area contributed by atoms with E-state index >= 15 is 0 Å². The highest BCUT2D eigenvalue weighted by Gasteiger charge is 2.25. The molecule has 0 bridgehead atoms. The van der Waals surface area contributed by atoms with Crippen molar-refractivity contribution in [2.24, 2.45) is 0 Å². The fourth-order valence-corrected chi connectivity index (χ4v) is 3.03. The maximum absolute atomic E-state index is 11.7. The highest BCUT2D eigenvalue weighted by atomic mass is 32.2. The molecule has 2 rings (SSSR count). The van der Waals surface area contributed by atoms with Gasteiger partial charge in [0.05, 0.1) is 12.3 Å². The summed E-state index contributed by atoms with van der Waals surface area (Å²) in [5.41, 5.74) is 0. The Hall–Kier alpha value is -0.990. The summed E-state index contributed by atoms with van der Waals surface area (Å²) in [6.07, 6.45) is 0. The van der Waals surface area contributed by atoms with Gasteiger partial charge >= 0.3 is 0 Å². The third kappa shape index (κ3) is 3.06. The predicted octanol–water partition coefficient (Wildman–Crippen LogP) is -0.155. The van der Waals surface area contributed by atoms with E-state index in [4.69, 9.17) is 4.42 Å². The lowest BCUT2D eigenvalue weighted by atomic mass is 10.3. The standard InChI is InChI=1S/C10H18N4O3S/c1-3-18(15,16)14-6-4-13(5-7-14)8-10-12-11-9(2)17-10/h3-8H2,1-2H3. The molecule has 1 aromatic rings. The number of rotatable bonds is 4. The van der Waals surface area contributed by atoms with Crippen LogP contribution in [0.3, 0.4) is 0 Å². The zero-order valence-electron chi connectivity index (χ0n) is 10.7. The van der Waals surface area contributed by atoms with E-state index in [9.17, 15) is 8.42 Å². The molecular weight excluding hydrogens is 256 g/mol. The van der Waals surface area contributed by atoms with Gasteiger partial charge < -0.3 is 4.42 Å². The lowest BCUT2D eigenvalue weighted by Crippen LogP contribution is -2.48. The number of nitrogens with zero attached hydrogens (tertiary/aromatic N) is 4. The van der Waals surface area contributed by atoms with Gasteiger partial charge in [0.2, 0.25) is 21.8 Å². The molecule has 102 valence electrons. The first-order valence-corrected chi connectivity index (χ1v) is 7.61. The first-order chi connectivity index (χ1) is 8.51. The Morgan fingerprint density at radius 2 is 1.89 bits per heavy atom. The number of hydrogen-bond acceptors (Lipinski definition) is 6. The zero-order chi connectivity index (χ0) is 13.2. The second-order valence-electron chi connectivity index (χ2n) is 4.29. The van der Waals surface area contributed by atoms with Gasteiger partial charge in [-0.1, -0.05) is 0 Å². The molecule has 0 radical (unpaired) electrons. The van der Waals surface area contributed by atoms with E-state index in [1.54, 1.807) is 18.2 Å². The number of aromatic nitrogens is 2. The second kappa shape index (κ2) is 5.33. The number of hydrogen-bond donors (Lipinski definition) is 0. The molecule has 0 aliphatic carbocycles. The fourth-order valence-electron chi connectivity index (χ4n) is 1.94. The minimum Gasteiger partial charge on any atom is -0.424 e. The van der Waals surface area contributed by atoms with Crippen molar-refractivity contribution in [2.75, 3.05) is 31.9 Å². The van der Waals surface area contributed by atoms with Gasteiger partial charge in [-0.05, 0) is 6.92 Å². The van der Waals surface area contributed by atoms with Crippen molar-refractivity contribution < 1.29 is 12.8 Å². The van der Waals surface area contributed by atoms with Gasteiger partial charge in [0.1, 0.15) is 0 Å². The van der Waals surface area contributed by atoms with Crippen LogP contribution in [0.4, 0.5) is 0 Å². The summed E-state index contributed by atoms with van der Waals surface area (Å²) in [5.74, 6) is 1.30. The average Bonchev–Trinajstić information content (AvgIpc) is 2.75. The second-order valence-corrected chi connectivity index (χ2v) is 6.55. The van der Waals surface area contributed by atoms with Crippen LogP contribution in [0.15, 0.2) is 4.42 Å². The lowest BCUT2D eigenvalue weighted by molar-refractivity contribution is 0.168. The van der Waals surface area contributed by atoms with Crippen LogP contribution in [-0.2, 0) is 16.6 Å². The van der Waals surface area contributed by atoms with Crippen molar-refractivity contribution in [3.05, 3.63) is 11.8 Å². The summed E-state index contributed by atoms with van der Waals surface area (Å²) in [4.78, 5) is 2.12. The van der Waals surface area contributed by atoms with Gasteiger partial charge in [-0.3, -0.25) is 4.90 Å². The molecule has 0 aromatic carbocycles. The van der Waals surface area contributed by atoms with E-state index in [2.05, 4.69) is 15.1 Å². The Balaban J connectivity index is 1.87. The van der Waals surface area contributed by atoms with Crippen LogP contribution >= 0.6 is 0 Å². The quantitative estimate of drug-likeness (QED) is 0.759. The Bertz CT molecular complexity index is 491. The summed E-state index contributed by atoms with van der Waals surface area (Å²) in [7, 11) is -3.06. The van der Waals surface area contributed by atoms with Crippen molar-refractivity contribution in [2.45, 2.75) is 20.4 Å². The Morgan fingerprint density at radius 3 is 2.39 bits per heavy atom. The molecule has 0 atom stereocenters. The number of piperazine rings is 1. The van der Waals surface area contributed by atoms with Crippen LogP contribution in [-0.4, -0.2) is 59.8 Å². The SMILES string of the molecule is CCS(=O)(=O)N1CCN(Cc2nnc(C)o2)CC1. The molecule has 18 heavy (non-hydrogen) atoms. The number of aryl methyl sites for hydroxylation is 1. The zero-order valence-corrected chi connectivity index (χ0v) is 11.5. The minimum atomic E-state index is -3.06. The molecular formula is C10H18N4O3S. The fraction of sp³-hybridized carbons (Fsp3) is 0.800. The maximum atomic E-state index is 11.7. The molecule has 1 fully saturated rings. The molecule has 1 aliphatic heterocycles. The monoisotopic (exact) mass is 274 g/mol. The largest absolute Gasteiger partial charge is 0.424 e. The summed E-state index contributed by atoms with van der Waals surface area (Å²) >= 11 is 0. The first kappa shape index (κ1) is 13.4. The molecule has 0 N–H and O–H groups in total. The van der Waals surface area contributed by atoms with Crippen molar-refractivity contribution in [3.8, 4) is 0 Å². The van der Waals surface area contributed by atoms with E-state index < -0.39 is 10.0 Å². The van der Waals surface area contributed by atoms with Gasteiger partial charge in [0.25, 0.3) is 0 Å². The van der Waals surface area contributed by atoms with Crippen LogP contribution in [0.25, 0.3) is 0 Å². The van der Waals surface area contributed by atoms with E-state index in [0.717, 1.165) is 0 Å². The van der Waals surface area contributed by atoms with Crippen LogP contribution < -0.4 is 0 Å². The topological polar surface area (TPSA) is 79.5 Å². The van der Waals surface area contributed by atoms with E-state index in [0.29, 0.717) is 44.5 Å². The van der Waals surface area contributed by atoms with Gasteiger partial charge in [-0.25, -0.2) is 8.42 Å². The van der Waals surface area contributed by atoms with Gasteiger partial charge in [0.15, 0.2) is 0 Å². The molecule has 7 nitrogen and oxygen atoms in total. The first-order valence-electron chi connectivity index (χ1n) is 6.00.